The molecular weight excluding hydrogens is 270 g/mol. The molecule has 0 unspecified atom stereocenters. The summed E-state index contributed by atoms with van der Waals surface area (Å²) in [6, 6.07) is 5.21. The summed E-state index contributed by atoms with van der Waals surface area (Å²) >= 11 is 0. The van der Waals surface area contributed by atoms with Crippen molar-refractivity contribution in [2.24, 2.45) is 5.73 Å². The minimum absolute atomic E-state index is 0.505. The van der Waals surface area contributed by atoms with Crippen LogP contribution in [0.2, 0.25) is 0 Å². The lowest BCUT2D eigenvalue weighted by molar-refractivity contribution is 0.169. The highest BCUT2D eigenvalue weighted by Crippen LogP contribution is 2.00. The molecule has 1 fully saturated rings. The Labute approximate surface area is 123 Å². The van der Waals surface area contributed by atoms with Crippen LogP contribution in [-0.2, 0) is 0 Å². The summed E-state index contributed by atoms with van der Waals surface area (Å²) in [6.45, 7) is 3.19. The number of aromatic nitrogens is 3. The number of nitrogens with one attached hydrogen (secondary N) is 1. The number of piperazine rings is 1. The van der Waals surface area contributed by atoms with Gasteiger partial charge in [0.2, 0.25) is 0 Å². The van der Waals surface area contributed by atoms with Gasteiger partial charge in [-0.25, -0.2) is 14.5 Å². The van der Waals surface area contributed by atoms with Gasteiger partial charge in [0, 0.05) is 51.0 Å². The van der Waals surface area contributed by atoms with E-state index in [2.05, 4.69) is 15.3 Å². The summed E-state index contributed by atoms with van der Waals surface area (Å²) < 4.78 is 1.58. The first-order chi connectivity index (χ1) is 10.3. The molecule has 2 aromatic rings. The van der Waals surface area contributed by atoms with Crippen LogP contribution in [0.25, 0.3) is 0 Å². The maximum absolute atomic E-state index is 11.3. The van der Waals surface area contributed by atoms with Crippen molar-refractivity contribution in [2.45, 2.75) is 0 Å². The third-order valence-corrected chi connectivity index (χ3v) is 2.83. The maximum atomic E-state index is 11.3. The number of hydrogen-bond donors (Lipinski definition) is 2. The third kappa shape index (κ3) is 4.55. The number of hydrazine groups is 1. The molecule has 1 aliphatic rings. The minimum Gasteiger partial charge on any atom is -0.349 e. The minimum atomic E-state index is -0.505. The molecule has 0 atom stereocenters. The van der Waals surface area contributed by atoms with Gasteiger partial charge in [-0.1, -0.05) is 6.07 Å². The average Bonchev–Trinajstić information content (AvgIpc) is 3.04. The highest BCUT2D eigenvalue weighted by Gasteiger charge is 2.22. The molecule has 0 radical (unpaired) electrons. The van der Waals surface area contributed by atoms with Crippen molar-refractivity contribution < 1.29 is 4.79 Å². The predicted octanol–water partition coefficient (Wildman–Crippen LogP) is -0.198. The number of carbonyl (C=O) groups excluding carboxylic acids is 1. The molecule has 0 saturated carbocycles. The number of primary amides is 1. The van der Waals surface area contributed by atoms with Gasteiger partial charge in [-0.3, -0.25) is 4.98 Å². The molecular formula is C13H19N7O. The SMILES string of the molecule is NC(=O)N(N1CCNCC1)n1ccnc1.c1ccncc1. The molecule has 112 valence electrons. The first-order valence-corrected chi connectivity index (χ1v) is 6.67. The molecule has 2 aromatic heterocycles. The van der Waals surface area contributed by atoms with Crippen molar-refractivity contribution in [2.75, 3.05) is 31.3 Å². The largest absolute Gasteiger partial charge is 0.349 e. The van der Waals surface area contributed by atoms with Gasteiger partial charge in [0.25, 0.3) is 0 Å². The number of amides is 2. The van der Waals surface area contributed by atoms with Gasteiger partial charge in [0.1, 0.15) is 6.33 Å². The number of urea groups is 1. The van der Waals surface area contributed by atoms with E-state index in [1.54, 1.807) is 35.8 Å². The van der Waals surface area contributed by atoms with Gasteiger partial charge in [-0.05, 0) is 12.1 Å². The van der Waals surface area contributed by atoms with Crippen LogP contribution < -0.4 is 16.2 Å². The van der Waals surface area contributed by atoms with Gasteiger partial charge >= 0.3 is 6.03 Å². The van der Waals surface area contributed by atoms with E-state index < -0.39 is 6.03 Å². The molecule has 8 nitrogen and oxygen atoms in total. The molecule has 0 spiro atoms. The van der Waals surface area contributed by atoms with Gasteiger partial charge in [-0.2, -0.15) is 10.1 Å². The predicted molar refractivity (Wildman–Crippen MR) is 78.7 cm³/mol. The van der Waals surface area contributed by atoms with Crippen LogP contribution >= 0.6 is 0 Å². The fourth-order valence-corrected chi connectivity index (χ4v) is 1.92. The van der Waals surface area contributed by atoms with Crippen molar-refractivity contribution in [3.05, 3.63) is 49.3 Å². The Morgan fingerprint density at radius 1 is 1.10 bits per heavy atom. The van der Waals surface area contributed by atoms with Crippen molar-refractivity contribution in [1.82, 2.24) is 25.0 Å². The number of carbonyl (C=O) groups is 1. The fraction of sp³-hybridized carbons (Fsp3) is 0.308. The van der Waals surface area contributed by atoms with Crippen LogP contribution in [0.5, 0.6) is 0 Å². The van der Waals surface area contributed by atoms with E-state index in [-0.39, 0.29) is 0 Å². The number of pyridine rings is 1. The zero-order valence-corrected chi connectivity index (χ0v) is 11.7. The molecule has 1 aliphatic heterocycles. The van der Waals surface area contributed by atoms with Crippen molar-refractivity contribution in [3.8, 4) is 0 Å². The van der Waals surface area contributed by atoms with Gasteiger partial charge in [-0.15, -0.1) is 0 Å². The van der Waals surface area contributed by atoms with E-state index in [0.29, 0.717) is 0 Å². The number of rotatable bonds is 2. The topological polar surface area (TPSA) is 92.3 Å². The molecule has 0 aromatic carbocycles. The highest BCUT2D eigenvalue weighted by atomic mass is 16.2. The second-order valence-corrected chi connectivity index (χ2v) is 4.30. The lowest BCUT2D eigenvalue weighted by Crippen LogP contribution is -2.60. The number of nitrogens with zero attached hydrogens (tertiary/aromatic N) is 5. The van der Waals surface area contributed by atoms with Crippen LogP contribution in [0.4, 0.5) is 4.79 Å². The molecule has 21 heavy (non-hydrogen) atoms. The molecule has 8 heteroatoms. The molecule has 0 bridgehead atoms. The smallest absolute Gasteiger partial charge is 0.349 e. The van der Waals surface area contributed by atoms with Crippen molar-refractivity contribution in [3.63, 3.8) is 0 Å². The van der Waals surface area contributed by atoms with Crippen LogP contribution in [0, 0.1) is 0 Å². The lowest BCUT2D eigenvalue weighted by Gasteiger charge is -2.36. The summed E-state index contributed by atoms with van der Waals surface area (Å²) in [7, 11) is 0. The van der Waals surface area contributed by atoms with E-state index in [1.165, 1.54) is 5.12 Å². The van der Waals surface area contributed by atoms with Gasteiger partial charge in [0.15, 0.2) is 0 Å². The standard InChI is InChI=1S/C8H14N6O.C5H5N/c9-8(15)14(13-6-3-11-7-13)12-4-1-10-2-5-12;1-2-4-6-5-3-1/h3,6-7,10H,1-2,4-5H2,(H2,9,15);1-5H. The Hall–Kier alpha value is -2.45. The zero-order chi connectivity index (χ0) is 14.9. The van der Waals surface area contributed by atoms with E-state index in [0.717, 1.165) is 26.2 Å². The van der Waals surface area contributed by atoms with Crippen LogP contribution in [0.3, 0.4) is 0 Å². The Bertz CT molecular complexity index is 484. The average molecular weight is 289 g/mol. The quantitative estimate of drug-likeness (QED) is 0.799. The summed E-state index contributed by atoms with van der Waals surface area (Å²) in [6.07, 6.45) is 8.34. The number of hydrogen-bond acceptors (Lipinski definition) is 5. The number of nitrogens with two attached hydrogens (primary N) is 1. The first-order valence-electron chi connectivity index (χ1n) is 6.67. The Morgan fingerprint density at radius 2 is 1.81 bits per heavy atom. The van der Waals surface area contributed by atoms with E-state index in [4.69, 9.17) is 5.73 Å². The fourth-order valence-electron chi connectivity index (χ4n) is 1.92. The Morgan fingerprint density at radius 3 is 2.24 bits per heavy atom. The Kier molecular flexibility index (Phi) is 5.68. The van der Waals surface area contributed by atoms with Crippen LogP contribution in [0.15, 0.2) is 49.3 Å². The second kappa shape index (κ2) is 7.98. The van der Waals surface area contributed by atoms with Crippen LogP contribution in [-0.4, -0.2) is 51.9 Å². The molecule has 0 aliphatic carbocycles. The van der Waals surface area contributed by atoms with Crippen molar-refractivity contribution >= 4 is 6.03 Å². The Balaban J connectivity index is 0.000000225. The molecule has 1 saturated heterocycles. The van der Waals surface area contributed by atoms with E-state index in [9.17, 15) is 4.79 Å². The van der Waals surface area contributed by atoms with Gasteiger partial charge in [0.05, 0.1) is 0 Å². The van der Waals surface area contributed by atoms with E-state index in [1.807, 2.05) is 23.2 Å². The lowest BCUT2D eigenvalue weighted by atomic mass is 10.4. The van der Waals surface area contributed by atoms with Gasteiger partial charge < -0.3 is 11.1 Å². The highest BCUT2D eigenvalue weighted by molar-refractivity contribution is 5.81. The summed E-state index contributed by atoms with van der Waals surface area (Å²) in [5, 5.41) is 6.49. The van der Waals surface area contributed by atoms with E-state index >= 15 is 0 Å². The maximum Gasteiger partial charge on any atom is 0.349 e. The van der Waals surface area contributed by atoms with Crippen LogP contribution in [0.1, 0.15) is 0 Å². The number of imidazole rings is 1. The third-order valence-electron chi connectivity index (χ3n) is 2.83. The summed E-state index contributed by atoms with van der Waals surface area (Å²) in [5.41, 5.74) is 5.34. The molecule has 2 amide bonds. The normalized spacial score (nSPS) is 14.9. The first kappa shape index (κ1) is 14.9. The molecule has 3 rings (SSSR count). The molecule has 3 N–H and O–H groups in total. The second-order valence-electron chi connectivity index (χ2n) is 4.30. The molecule has 3 heterocycles. The summed E-state index contributed by atoms with van der Waals surface area (Å²) in [4.78, 5) is 19.0. The zero-order valence-electron chi connectivity index (χ0n) is 11.7. The monoisotopic (exact) mass is 289 g/mol. The summed E-state index contributed by atoms with van der Waals surface area (Å²) in [5.74, 6) is 0. The van der Waals surface area contributed by atoms with Crippen molar-refractivity contribution in [1.29, 1.82) is 0 Å².